The Balaban J connectivity index is 1.41. The first-order chi connectivity index (χ1) is 20.2. The SMILES string of the molecule is COc1cc(Cl)ccc1Oc1nc2ccccc2nc1C(=O)Nc1ccc(S(=O)(=O)Nc2cccc(Cl)c2OC)cc1. The van der Waals surface area contributed by atoms with E-state index in [9.17, 15) is 13.2 Å². The maximum atomic E-state index is 13.4. The van der Waals surface area contributed by atoms with Gasteiger partial charge < -0.3 is 19.5 Å². The molecule has 1 aromatic heterocycles. The molecule has 4 aromatic carbocycles. The first-order valence-electron chi connectivity index (χ1n) is 12.2. The summed E-state index contributed by atoms with van der Waals surface area (Å²) < 4.78 is 45.0. The highest BCUT2D eigenvalue weighted by atomic mass is 35.5. The van der Waals surface area contributed by atoms with E-state index in [2.05, 4.69) is 20.0 Å². The van der Waals surface area contributed by atoms with Crippen molar-refractivity contribution in [2.75, 3.05) is 24.3 Å². The van der Waals surface area contributed by atoms with Crippen molar-refractivity contribution in [3.05, 3.63) is 101 Å². The van der Waals surface area contributed by atoms with Gasteiger partial charge >= 0.3 is 0 Å². The molecular formula is C29H22Cl2N4O6S. The Kier molecular flexibility index (Phi) is 8.34. The summed E-state index contributed by atoms with van der Waals surface area (Å²) in [6.07, 6.45) is 0. The van der Waals surface area contributed by atoms with Crippen molar-refractivity contribution in [3.63, 3.8) is 0 Å². The van der Waals surface area contributed by atoms with E-state index in [1.54, 1.807) is 54.6 Å². The Morgan fingerprint density at radius 1 is 0.810 bits per heavy atom. The van der Waals surface area contributed by atoms with Crippen molar-refractivity contribution in [3.8, 4) is 23.1 Å². The third-order valence-electron chi connectivity index (χ3n) is 5.92. The molecule has 42 heavy (non-hydrogen) atoms. The number of fused-ring (bicyclic) bond motifs is 1. The van der Waals surface area contributed by atoms with Crippen molar-refractivity contribution in [1.82, 2.24) is 9.97 Å². The van der Waals surface area contributed by atoms with Crippen molar-refractivity contribution < 1.29 is 27.4 Å². The Morgan fingerprint density at radius 2 is 1.52 bits per heavy atom. The molecule has 0 aliphatic rings. The summed E-state index contributed by atoms with van der Waals surface area (Å²) in [5.74, 6) is 0.111. The van der Waals surface area contributed by atoms with Gasteiger partial charge in [-0.2, -0.15) is 0 Å². The average Bonchev–Trinajstić information content (AvgIpc) is 2.98. The number of amides is 1. The van der Waals surface area contributed by atoms with Crippen LogP contribution in [0.5, 0.6) is 23.1 Å². The molecular weight excluding hydrogens is 603 g/mol. The molecule has 1 heterocycles. The monoisotopic (exact) mass is 624 g/mol. The number of halogens is 2. The van der Waals surface area contributed by atoms with Gasteiger partial charge in [0.15, 0.2) is 22.9 Å². The Morgan fingerprint density at radius 3 is 2.21 bits per heavy atom. The van der Waals surface area contributed by atoms with Gasteiger partial charge in [-0.25, -0.2) is 18.4 Å². The van der Waals surface area contributed by atoms with E-state index in [0.717, 1.165) is 0 Å². The number of benzene rings is 4. The lowest BCUT2D eigenvalue weighted by Crippen LogP contribution is -2.17. The van der Waals surface area contributed by atoms with E-state index in [4.69, 9.17) is 37.4 Å². The van der Waals surface area contributed by atoms with Crippen LogP contribution in [0.25, 0.3) is 11.0 Å². The molecule has 214 valence electrons. The van der Waals surface area contributed by atoms with Gasteiger partial charge in [0.05, 0.1) is 40.9 Å². The molecule has 1 amide bonds. The van der Waals surface area contributed by atoms with Crippen LogP contribution in [0.1, 0.15) is 10.5 Å². The van der Waals surface area contributed by atoms with E-state index in [1.807, 2.05) is 0 Å². The average molecular weight is 625 g/mol. The zero-order valence-electron chi connectivity index (χ0n) is 22.1. The minimum atomic E-state index is -4.00. The number of nitrogens with one attached hydrogen (secondary N) is 2. The minimum absolute atomic E-state index is 0.0492. The number of ether oxygens (including phenoxy) is 3. The van der Waals surface area contributed by atoms with Gasteiger partial charge in [0.25, 0.3) is 21.8 Å². The molecule has 0 fully saturated rings. The number of anilines is 2. The van der Waals surface area contributed by atoms with E-state index < -0.39 is 15.9 Å². The lowest BCUT2D eigenvalue weighted by Gasteiger charge is -2.14. The van der Waals surface area contributed by atoms with Crippen LogP contribution in [0.3, 0.4) is 0 Å². The van der Waals surface area contributed by atoms with Gasteiger partial charge in [0, 0.05) is 16.8 Å². The predicted molar refractivity (Wildman–Crippen MR) is 161 cm³/mol. The zero-order valence-corrected chi connectivity index (χ0v) is 24.4. The molecule has 0 spiro atoms. The molecule has 10 nitrogen and oxygen atoms in total. The van der Waals surface area contributed by atoms with Crippen LogP contribution in [0.2, 0.25) is 10.0 Å². The zero-order chi connectivity index (χ0) is 29.9. The molecule has 0 saturated carbocycles. The Hall–Kier alpha value is -4.58. The smallest absolute Gasteiger partial charge is 0.279 e. The van der Waals surface area contributed by atoms with Crippen LogP contribution in [0.4, 0.5) is 11.4 Å². The van der Waals surface area contributed by atoms with Crippen molar-refractivity contribution >= 4 is 61.5 Å². The predicted octanol–water partition coefficient (Wildman–Crippen LogP) is 6.80. The van der Waals surface area contributed by atoms with Gasteiger partial charge in [-0.05, 0) is 60.7 Å². The lowest BCUT2D eigenvalue weighted by molar-refractivity contribution is 0.101. The van der Waals surface area contributed by atoms with Gasteiger partial charge in [0.1, 0.15) is 0 Å². The molecule has 0 saturated heterocycles. The van der Waals surface area contributed by atoms with E-state index >= 15 is 0 Å². The van der Waals surface area contributed by atoms with Crippen LogP contribution in [0, 0.1) is 0 Å². The number of nitrogens with zero attached hydrogens (tertiary/aromatic N) is 2. The van der Waals surface area contributed by atoms with Gasteiger partial charge in [0.2, 0.25) is 0 Å². The summed E-state index contributed by atoms with van der Waals surface area (Å²) in [6, 6.07) is 22.1. The second kappa shape index (κ2) is 12.1. The Bertz CT molecular complexity index is 1900. The standard InChI is InChI=1S/C29H22Cl2N4O6S/c1-39-25-16-17(30)10-15-24(25)41-29-26(33-21-7-3-4-8-22(21)34-29)28(36)32-18-11-13-19(14-12-18)42(37,38)35-23-9-5-6-20(31)27(23)40-2/h3-16,35H,1-2H3,(H,32,36). The highest BCUT2D eigenvalue weighted by Crippen LogP contribution is 2.36. The maximum Gasteiger partial charge on any atom is 0.279 e. The molecule has 0 bridgehead atoms. The minimum Gasteiger partial charge on any atom is -0.493 e. The van der Waals surface area contributed by atoms with E-state index in [0.29, 0.717) is 27.5 Å². The quantitative estimate of drug-likeness (QED) is 0.183. The van der Waals surface area contributed by atoms with Crippen LogP contribution >= 0.6 is 23.2 Å². The van der Waals surface area contributed by atoms with Crippen LogP contribution in [-0.2, 0) is 10.0 Å². The number of carbonyl (C=O) groups is 1. The summed E-state index contributed by atoms with van der Waals surface area (Å²) in [5, 5.41) is 3.41. The summed E-state index contributed by atoms with van der Waals surface area (Å²) >= 11 is 12.2. The first kappa shape index (κ1) is 28.9. The number of sulfonamides is 1. The second-order valence-electron chi connectivity index (χ2n) is 8.67. The fraction of sp³-hybridized carbons (Fsp3) is 0.0690. The third-order valence-corrected chi connectivity index (χ3v) is 7.84. The first-order valence-corrected chi connectivity index (χ1v) is 14.5. The van der Waals surface area contributed by atoms with Crippen molar-refractivity contribution in [2.24, 2.45) is 0 Å². The maximum absolute atomic E-state index is 13.4. The fourth-order valence-electron chi connectivity index (χ4n) is 3.94. The normalized spacial score (nSPS) is 11.1. The number of carbonyl (C=O) groups excluding carboxylic acids is 1. The number of aromatic nitrogens is 2. The summed E-state index contributed by atoms with van der Waals surface area (Å²) in [7, 11) is -1.15. The Labute approximate surface area is 251 Å². The van der Waals surface area contributed by atoms with Crippen molar-refractivity contribution in [1.29, 1.82) is 0 Å². The van der Waals surface area contributed by atoms with Crippen LogP contribution < -0.4 is 24.2 Å². The molecule has 13 heteroatoms. The number of rotatable bonds is 9. The van der Waals surface area contributed by atoms with Crippen molar-refractivity contribution in [2.45, 2.75) is 4.90 Å². The molecule has 5 aromatic rings. The van der Waals surface area contributed by atoms with Gasteiger partial charge in [-0.1, -0.05) is 41.4 Å². The number of para-hydroxylation sites is 3. The topological polar surface area (TPSA) is 129 Å². The molecule has 0 atom stereocenters. The molecule has 0 unspecified atom stereocenters. The van der Waals surface area contributed by atoms with Crippen LogP contribution in [0.15, 0.2) is 89.8 Å². The number of hydrogen-bond donors (Lipinski definition) is 2. The fourth-order valence-corrected chi connectivity index (χ4v) is 5.42. The largest absolute Gasteiger partial charge is 0.493 e. The second-order valence-corrected chi connectivity index (χ2v) is 11.2. The molecule has 0 aliphatic heterocycles. The lowest BCUT2D eigenvalue weighted by atomic mass is 10.2. The van der Waals surface area contributed by atoms with E-state index in [1.165, 1.54) is 44.6 Å². The summed E-state index contributed by atoms with van der Waals surface area (Å²) in [6.45, 7) is 0. The number of methoxy groups -OCH3 is 2. The van der Waals surface area contributed by atoms with Gasteiger partial charge in [-0.15, -0.1) is 0 Å². The highest BCUT2D eigenvalue weighted by Gasteiger charge is 2.22. The number of hydrogen-bond acceptors (Lipinski definition) is 8. The van der Waals surface area contributed by atoms with E-state index in [-0.39, 0.29) is 38.7 Å². The third kappa shape index (κ3) is 6.18. The molecule has 0 radical (unpaired) electrons. The molecule has 2 N–H and O–H groups in total. The highest BCUT2D eigenvalue weighted by molar-refractivity contribution is 7.92. The molecule has 5 rings (SSSR count). The van der Waals surface area contributed by atoms with Gasteiger partial charge in [-0.3, -0.25) is 9.52 Å². The summed E-state index contributed by atoms with van der Waals surface area (Å²) in [5.41, 5.74) is 1.38. The molecule has 0 aliphatic carbocycles. The summed E-state index contributed by atoms with van der Waals surface area (Å²) in [4.78, 5) is 22.3. The van der Waals surface area contributed by atoms with Crippen LogP contribution in [-0.4, -0.2) is 38.5 Å².